The summed E-state index contributed by atoms with van der Waals surface area (Å²) in [7, 11) is 0. The summed E-state index contributed by atoms with van der Waals surface area (Å²) in [5.41, 5.74) is 0. The Morgan fingerprint density at radius 3 is 1.11 bits per heavy atom. The molecule has 0 fully saturated rings. The van der Waals surface area contributed by atoms with E-state index in [-0.39, 0.29) is 88.4 Å². The van der Waals surface area contributed by atoms with E-state index in [4.69, 9.17) is 10.2 Å². The number of amides is 2. The predicted octanol–water partition coefficient (Wildman–Crippen LogP) is -0.275. The Hall–Kier alpha value is -2.60. The zero-order valence-corrected chi connectivity index (χ0v) is 35.6. The van der Waals surface area contributed by atoms with E-state index in [0.29, 0.717) is 113 Å². The fourth-order valence-corrected chi connectivity index (χ4v) is 6.15. The number of carbonyl (C=O) groups is 6. The maximum absolute atomic E-state index is 11.9. The smallest absolute Gasteiger partial charge is 0.550 e. The summed E-state index contributed by atoms with van der Waals surface area (Å²) < 4.78 is 0.770. The molecule has 55 heavy (non-hydrogen) atoms. The van der Waals surface area contributed by atoms with Gasteiger partial charge < -0.3 is 59.8 Å². The number of aliphatic hydroxyl groups is 2. The molecule has 17 heteroatoms. The van der Waals surface area contributed by atoms with Gasteiger partial charge in [0.25, 0.3) is 0 Å². The molecular weight excluding hydrogens is 745 g/mol. The third-order valence-electron chi connectivity index (χ3n) is 9.06. The van der Waals surface area contributed by atoms with Crippen LogP contribution in [0.25, 0.3) is 0 Å². The number of nitrogens with zero attached hydrogens (tertiary/aromatic N) is 2. The fourth-order valence-electron chi connectivity index (χ4n) is 6.15. The van der Waals surface area contributed by atoms with Crippen molar-refractivity contribution in [2.45, 2.75) is 104 Å². The van der Waals surface area contributed by atoms with E-state index in [9.17, 15) is 49.2 Å². The molecule has 0 aromatic rings. The van der Waals surface area contributed by atoms with E-state index in [1.54, 1.807) is 0 Å². The molecule has 6 N–H and O–H groups in total. The number of aliphatic carboxylic acids is 4. The molecule has 0 radical (unpaired) electrons. The summed E-state index contributed by atoms with van der Waals surface area (Å²) in [6.45, 7) is 8.33. The third-order valence-corrected chi connectivity index (χ3v) is 9.06. The molecule has 0 rings (SSSR count). The number of carboxylic acids is 4. The van der Waals surface area contributed by atoms with Gasteiger partial charge in [-0.1, -0.05) is 24.3 Å². The summed E-state index contributed by atoms with van der Waals surface area (Å²) in [6.07, 6.45) is 13.5. The Labute approximate surface area is 357 Å². The third kappa shape index (κ3) is 35.6. The summed E-state index contributed by atoms with van der Waals surface area (Å²) in [4.78, 5) is 66.8. The van der Waals surface area contributed by atoms with Gasteiger partial charge in [-0.3, -0.25) is 19.2 Å². The van der Waals surface area contributed by atoms with Crippen LogP contribution in [-0.4, -0.2) is 181 Å². The number of rotatable bonds is 34. The van der Waals surface area contributed by atoms with Crippen molar-refractivity contribution in [3.63, 3.8) is 0 Å². The quantitative estimate of drug-likeness (QED) is 0.0213. The molecule has 0 spiro atoms. The van der Waals surface area contributed by atoms with Gasteiger partial charge in [-0.15, -0.1) is 0 Å². The summed E-state index contributed by atoms with van der Waals surface area (Å²) in [6, 6.07) is 0. The van der Waals surface area contributed by atoms with Gasteiger partial charge in [-0.25, -0.2) is 0 Å². The van der Waals surface area contributed by atoms with Crippen LogP contribution in [0.1, 0.15) is 104 Å². The monoisotopic (exact) mass is 812 g/mol. The van der Waals surface area contributed by atoms with Gasteiger partial charge in [0.15, 0.2) is 0 Å². The van der Waals surface area contributed by atoms with E-state index in [0.717, 1.165) is 25.7 Å². The van der Waals surface area contributed by atoms with Gasteiger partial charge in [0, 0.05) is 50.5 Å². The molecule has 0 aromatic carbocycles. The Balaban J connectivity index is -0.000000966. The largest absolute Gasteiger partial charge is 2.00 e. The first kappa shape index (κ1) is 56.7. The van der Waals surface area contributed by atoms with Crippen LogP contribution in [-0.2, 0) is 28.8 Å². The molecule has 0 bridgehead atoms. The first-order chi connectivity index (χ1) is 25.7. The SMILES string of the molecule is C/C=C/CCCC(=O)NCC[N+](CCO)(CCCC(=O)[O-])CCCC(=O)O.C/C=C/CCCC(=O)NCC[N+](CCO)(CCCC(=O)[O-])CCCC(=O)O.[Ca+2]. The van der Waals surface area contributed by atoms with Gasteiger partial charge >= 0.3 is 49.7 Å². The average Bonchev–Trinajstić information content (AvgIpc) is 3.08. The topological polar surface area (TPSA) is 254 Å². The normalized spacial score (nSPS) is 13.2. The Morgan fingerprint density at radius 1 is 0.509 bits per heavy atom. The fraction of sp³-hybridized carbons (Fsp3) is 0.737. The van der Waals surface area contributed by atoms with Crippen LogP contribution >= 0.6 is 0 Å². The van der Waals surface area contributed by atoms with E-state index >= 15 is 0 Å². The number of carboxylic acid groups (broad SMARTS) is 4. The summed E-state index contributed by atoms with van der Waals surface area (Å²) >= 11 is 0. The minimum atomic E-state index is -1.13. The van der Waals surface area contributed by atoms with Crippen molar-refractivity contribution >= 4 is 73.4 Å². The van der Waals surface area contributed by atoms with Crippen molar-refractivity contribution in [1.82, 2.24) is 10.6 Å². The number of quaternary nitrogens is 2. The minimum absolute atomic E-state index is 0. The van der Waals surface area contributed by atoms with E-state index in [1.807, 2.05) is 38.2 Å². The second kappa shape index (κ2) is 37.0. The molecule has 16 nitrogen and oxygen atoms in total. The first-order valence-electron chi connectivity index (χ1n) is 19.2. The number of unbranched alkanes of at least 4 members (excludes halogenated alkanes) is 2. The molecule has 0 aliphatic heterocycles. The van der Waals surface area contributed by atoms with Gasteiger partial charge in [0.1, 0.15) is 13.1 Å². The van der Waals surface area contributed by atoms with Crippen molar-refractivity contribution in [1.29, 1.82) is 0 Å². The average molecular weight is 813 g/mol. The van der Waals surface area contributed by atoms with Crippen LogP contribution in [0.4, 0.5) is 0 Å². The second-order valence-corrected chi connectivity index (χ2v) is 13.5. The van der Waals surface area contributed by atoms with Crippen LogP contribution in [0.3, 0.4) is 0 Å². The van der Waals surface area contributed by atoms with Crippen molar-refractivity contribution < 1.29 is 68.4 Å². The van der Waals surface area contributed by atoms with E-state index < -0.39 is 23.9 Å². The molecular formula is C38H68CaN4O12+2. The van der Waals surface area contributed by atoms with Crippen molar-refractivity contribution in [2.75, 3.05) is 78.7 Å². The number of carbonyl (C=O) groups excluding carboxylic acids is 4. The van der Waals surface area contributed by atoms with Gasteiger partial charge in [-0.05, 0) is 52.4 Å². The maximum Gasteiger partial charge on any atom is 2.00 e. The Morgan fingerprint density at radius 2 is 0.836 bits per heavy atom. The summed E-state index contributed by atoms with van der Waals surface area (Å²) in [5, 5.41) is 63.7. The number of aliphatic hydroxyl groups excluding tert-OH is 2. The molecule has 2 atom stereocenters. The number of hydrogen-bond donors (Lipinski definition) is 6. The molecule has 2 unspecified atom stereocenters. The molecule has 0 saturated heterocycles. The standard InChI is InChI=1S/2C19H34N2O6.Ca/c2*1-2-3-4-5-8-17(23)20-11-14-21(15-16-22,12-6-9-18(24)25)13-7-10-19(26)27;/h2*2-3,22H,4-16H2,1H3,(H2-,20,23,24,25,26,27);/q;;+2/b2*3-2+;. The van der Waals surface area contributed by atoms with Crippen LogP contribution in [0.2, 0.25) is 0 Å². The molecule has 0 saturated carbocycles. The zero-order valence-electron chi connectivity index (χ0n) is 33.4. The van der Waals surface area contributed by atoms with E-state index in [2.05, 4.69) is 10.6 Å². The van der Waals surface area contributed by atoms with Crippen LogP contribution in [0, 0.1) is 0 Å². The maximum atomic E-state index is 11.9. The minimum Gasteiger partial charge on any atom is -0.550 e. The van der Waals surface area contributed by atoms with Gasteiger partial charge in [0.2, 0.25) is 11.8 Å². The zero-order chi connectivity index (χ0) is 41.1. The predicted molar refractivity (Wildman–Crippen MR) is 205 cm³/mol. The molecule has 0 heterocycles. The number of allylic oxidation sites excluding steroid dienone is 4. The molecule has 0 aromatic heterocycles. The Bertz CT molecular complexity index is 1010. The van der Waals surface area contributed by atoms with Crippen LogP contribution in [0.5, 0.6) is 0 Å². The van der Waals surface area contributed by atoms with Gasteiger partial charge in [0.05, 0.1) is 78.4 Å². The molecule has 312 valence electrons. The number of nitrogens with one attached hydrogen (secondary N) is 2. The van der Waals surface area contributed by atoms with Crippen LogP contribution < -0.4 is 20.8 Å². The Kier molecular flexibility index (Phi) is 38.2. The van der Waals surface area contributed by atoms with Crippen molar-refractivity contribution in [2.24, 2.45) is 0 Å². The second-order valence-electron chi connectivity index (χ2n) is 13.5. The number of hydrogen-bond acceptors (Lipinski definition) is 10. The van der Waals surface area contributed by atoms with E-state index in [1.165, 1.54) is 0 Å². The molecule has 0 aliphatic carbocycles. The first-order valence-corrected chi connectivity index (χ1v) is 19.2. The van der Waals surface area contributed by atoms with Crippen LogP contribution in [0.15, 0.2) is 24.3 Å². The summed E-state index contributed by atoms with van der Waals surface area (Å²) in [5.74, 6) is -4.11. The van der Waals surface area contributed by atoms with Crippen molar-refractivity contribution in [3.8, 4) is 0 Å². The molecule has 2 amide bonds. The molecule has 0 aliphatic rings. The van der Waals surface area contributed by atoms with Crippen molar-refractivity contribution in [3.05, 3.63) is 24.3 Å². The van der Waals surface area contributed by atoms with Gasteiger partial charge in [-0.2, -0.15) is 0 Å².